The molecule has 1 N–H and O–H groups in total. The Labute approximate surface area is 215 Å². The molecule has 0 aliphatic carbocycles. The third-order valence-electron chi connectivity index (χ3n) is 6.13. The van der Waals surface area contributed by atoms with Gasteiger partial charge in [0.2, 0.25) is 0 Å². The number of hydrogen-bond donors (Lipinski definition) is 1. The smallest absolute Gasteiger partial charge is 0.335 e. The predicted molar refractivity (Wildman–Crippen MR) is 141 cm³/mol. The van der Waals surface area contributed by atoms with Crippen molar-refractivity contribution in [2.75, 3.05) is 4.90 Å². The fraction of sp³-hybridized carbons (Fsp3) is 0.133. The average molecular weight is 492 g/mol. The Bertz CT molecular complexity index is 1500. The van der Waals surface area contributed by atoms with E-state index in [9.17, 15) is 19.6 Å². The molecule has 7 heteroatoms. The highest BCUT2D eigenvalue weighted by atomic mass is 16.5. The van der Waals surface area contributed by atoms with Crippen LogP contribution in [0.4, 0.5) is 10.5 Å². The van der Waals surface area contributed by atoms with E-state index in [1.165, 1.54) is 6.08 Å². The van der Waals surface area contributed by atoms with E-state index in [0.717, 1.165) is 27.2 Å². The zero-order valence-corrected chi connectivity index (χ0v) is 20.6. The molecule has 3 aromatic carbocycles. The number of carbonyl (C=O) groups excluding carboxylic acids is 3. The fourth-order valence-corrected chi connectivity index (χ4v) is 3.98. The molecule has 0 radical (unpaired) electrons. The number of nitrogens with zero attached hydrogens (tertiary/aromatic N) is 2. The van der Waals surface area contributed by atoms with Crippen LogP contribution in [0.2, 0.25) is 0 Å². The van der Waals surface area contributed by atoms with Gasteiger partial charge in [-0.1, -0.05) is 36.4 Å². The van der Waals surface area contributed by atoms with E-state index < -0.39 is 17.8 Å². The maximum Gasteiger partial charge on any atom is 0.335 e. The Kier molecular flexibility index (Phi) is 7.31. The van der Waals surface area contributed by atoms with Crippen molar-refractivity contribution >= 4 is 29.6 Å². The van der Waals surface area contributed by atoms with E-state index in [-0.39, 0.29) is 12.2 Å². The largest absolute Gasteiger partial charge is 0.489 e. The number of aryl methyl sites for hydroxylation is 2. The number of allylic oxidation sites excluding steroid dienone is 1. The van der Waals surface area contributed by atoms with Crippen LogP contribution in [0.15, 0.2) is 78.9 Å². The molecule has 0 spiro atoms. The molecule has 37 heavy (non-hydrogen) atoms. The van der Waals surface area contributed by atoms with Gasteiger partial charge in [-0.15, -0.1) is 6.58 Å². The van der Waals surface area contributed by atoms with Crippen molar-refractivity contribution in [1.29, 1.82) is 5.26 Å². The zero-order chi connectivity index (χ0) is 26.5. The molecule has 0 atom stereocenters. The average Bonchev–Trinajstić information content (AvgIpc) is 2.88. The molecule has 1 aliphatic rings. The standard InChI is InChI=1S/C30H25N3O4/c1-4-7-22-15-21(11-13-27(22)37-18-24-9-6-5-8-23(24)17-31)16-26-28(34)32-30(36)33(29(26)35)25-12-10-19(2)20(3)14-25/h4-6,8-16H,1,7,18H2,2-3H3,(H,32,34,36)/b26-16+. The monoisotopic (exact) mass is 491 g/mol. The number of imide groups is 2. The van der Waals surface area contributed by atoms with Gasteiger partial charge in [0.25, 0.3) is 11.8 Å². The summed E-state index contributed by atoms with van der Waals surface area (Å²) in [4.78, 5) is 39.3. The van der Waals surface area contributed by atoms with Gasteiger partial charge in [-0.2, -0.15) is 5.26 Å². The van der Waals surface area contributed by atoms with Crippen LogP contribution >= 0.6 is 0 Å². The summed E-state index contributed by atoms with van der Waals surface area (Å²) in [5, 5.41) is 11.6. The molecule has 1 aliphatic heterocycles. The van der Waals surface area contributed by atoms with Gasteiger partial charge in [-0.3, -0.25) is 14.9 Å². The van der Waals surface area contributed by atoms with Gasteiger partial charge in [-0.05, 0) is 78.9 Å². The SMILES string of the molecule is C=CCc1cc(/C=C2\C(=O)NC(=O)N(c3ccc(C)c(C)c3)C2=O)ccc1OCc1ccccc1C#N. The minimum absolute atomic E-state index is 0.154. The molecule has 0 bridgehead atoms. The summed E-state index contributed by atoms with van der Waals surface area (Å²) in [6, 6.07) is 19.1. The first-order valence-corrected chi connectivity index (χ1v) is 11.7. The highest BCUT2D eigenvalue weighted by Crippen LogP contribution is 2.27. The van der Waals surface area contributed by atoms with Gasteiger partial charge in [0.15, 0.2) is 0 Å². The van der Waals surface area contributed by atoms with Gasteiger partial charge in [0.1, 0.15) is 17.9 Å². The van der Waals surface area contributed by atoms with E-state index in [1.807, 2.05) is 32.0 Å². The molecular formula is C30H25N3O4. The molecule has 1 fully saturated rings. The van der Waals surface area contributed by atoms with Crippen molar-refractivity contribution in [3.05, 3.63) is 112 Å². The van der Waals surface area contributed by atoms with Crippen LogP contribution in [0.5, 0.6) is 5.75 Å². The van der Waals surface area contributed by atoms with E-state index in [0.29, 0.717) is 29.0 Å². The minimum atomic E-state index is -0.788. The van der Waals surface area contributed by atoms with Crippen LogP contribution in [0.3, 0.4) is 0 Å². The fourth-order valence-electron chi connectivity index (χ4n) is 3.98. The Hall–Kier alpha value is -4.96. The third-order valence-corrected chi connectivity index (χ3v) is 6.13. The summed E-state index contributed by atoms with van der Waals surface area (Å²) in [6.07, 6.45) is 3.67. The first kappa shape index (κ1) is 25.1. The zero-order valence-electron chi connectivity index (χ0n) is 20.6. The summed E-state index contributed by atoms with van der Waals surface area (Å²) in [5.41, 5.74) is 4.87. The number of hydrogen-bond acceptors (Lipinski definition) is 5. The molecular weight excluding hydrogens is 466 g/mol. The lowest BCUT2D eigenvalue weighted by Crippen LogP contribution is -2.54. The molecule has 0 saturated carbocycles. The summed E-state index contributed by atoms with van der Waals surface area (Å²) in [6.45, 7) is 7.83. The Balaban J connectivity index is 1.63. The van der Waals surface area contributed by atoms with Crippen LogP contribution in [-0.4, -0.2) is 17.8 Å². The maximum atomic E-state index is 13.3. The van der Waals surface area contributed by atoms with E-state index in [2.05, 4.69) is 18.0 Å². The number of nitrogens with one attached hydrogen (secondary N) is 1. The third kappa shape index (κ3) is 5.34. The quantitative estimate of drug-likeness (QED) is 0.280. The van der Waals surface area contributed by atoms with Crippen LogP contribution < -0.4 is 15.0 Å². The number of benzene rings is 3. The number of rotatable bonds is 7. The number of carbonyl (C=O) groups is 3. The van der Waals surface area contributed by atoms with Gasteiger partial charge >= 0.3 is 6.03 Å². The molecule has 184 valence electrons. The van der Waals surface area contributed by atoms with Crippen LogP contribution in [0, 0.1) is 25.2 Å². The lowest BCUT2D eigenvalue weighted by molar-refractivity contribution is -0.122. The van der Waals surface area contributed by atoms with Gasteiger partial charge < -0.3 is 4.74 Å². The lowest BCUT2D eigenvalue weighted by atomic mass is 10.0. The highest BCUT2D eigenvalue weighted by molar-refractivity contribution is 6.39. The summed E-state index contributed by atoms with van der Waals surface area (Å²) in [5.74, 6) is -0.856. The molecule has 4 amide bonds. The van der Waals surface area contributed by atoms with Crippen molar-refractivity contribution in [2.24, 2.45) is 0 Å². The molecule has 0 aromatic heterocycles. The van der Waals surface area contributed by atoms with Crippen LogP contribution in [0.1, 0.15) is 33.4 Å². The number of nitriles is 1. The second kappa shape index (κ2) is 10.8. The molecule has 1 heterocycles. The Morgan fingerprint density at radius 3 is 2.51 bits per heavy atom. The van der Waals surface area contributed by atoms with Crippen LogP contribution in [0.25, 0.3) is 6.08 Å². The van der Waals surface area contributed by atoms with Crippen molar-refractivity contribution < 1.29 is 19.1 Å². The Morgan fingerprint density at radius 2 is 1.78 bits per heavy atom. The molecule has 4 rings (SSSR count). The molecule has 0 unspecified atom stereocenters. The molecule has 1 saturated heterocycles. The van der Waals surface area contributed by atoms with E-state index in [4.69, 9.17) is 4.74 Å². The van der Waals surface area contributed by atoms with Crippen molar-refractivity contribution in [1.82, 2.24) is 5.32 Å². The number of ether oxygens (including phenoxy) is 1. The lowest BCUT2D eigenvalue weighted by Gasteiger charge is -2.27. The van der Waals surface area contributed by atoms with E-state index >= 15 is 0 Å². The maximum absolute atomic E-state index is 13.3. The first-order valence-electron chi connectivity index (χ1n) is 11.7. The van der Waals surface area contributed by atoms with Gasteiger partial charge in [-0.25, -0.2) is 9.69 Å². The van der Waals surface area contributed by atoms with Crippen LogP contribution in [-0.2, 0) is 22.6 Å². The number of anilines is 1. The Morgan fingerprint density at radius 1 is 1.00 bits per heavy atom. The summed E-state index contributed by atoms with van der Waals surface area (Å²) >= 11 is 0. The topological polar surface area (TPSA) is 99.5 Å². The summed E-state index contributed by atoms with van der Waals surface area (Å²) in [7, 11) is 0. The predicted octanol–water partition coefficient (Wildman–Crippen LogP) is 5.15. The summed E-state index contributed by atoms with van der Waals surface area (Å²) < 4.78 is 6.00. The van der Waals surface area contributed by atoms with Crippen molar-refractivity contribution in [3.8, 4) is 11.8 Å². The minimum Gasteiger partial charge on any atom is -0.489 e. The molecule has 3 aromatic rings. The second-order valence-corrected chi connectivity index (χ2v) is 8.64. The highest BCUT2D eigenvalue weighted by Gasteiger charge is 2.36. The van der Waals surface area contributed by atoms with Gasteiger partial charge in [0.05, 0.1) is 17.3 Å². The van der Waals surface area contributed by atoms with Gasteiger partial charge in [0, 0.05) is 5.56 Å². The molecule has 7 nitrogen and oxygen atoms in total. The van der Waals surface area contributed by atoms with Crippen molar-refractivity contribution in [3.63, 3.8) is 0 Å². The first-order chi connectivity index (χ1) is 17.8. The number of barbiturate groups is 1. The van der Waals surface area contributed by atoms with E-state index in [1.54, 1.807) is 48.5 Å². The van der Waals surface area contributed by atoms with Crippen molar-refractivity contribution in [2.45, 2.75) is 26.9 Å². The second-order valence-electron chi connectivity index (χ2n) is 8.64. The number of urea groups is 1. The number of amides is 4. The normalized spacial score (nSPS) is 14.4.